The molecule has 0 saturated carbocycles. The van der Waals surface area contributed by atoms with Crippen LogP contribution in [0.3, 0.4) is 0 Å². The van der Waals surface area contributed by atoms with Crippen LogP contribution in [0.1, 0.15) is 45.9 Å². The van der Waals surface area contributed by atoms with Crippen LogP contribution in [0.15, 0.2) is 261 Å². The van der Waals surface area contributed by atoms with E-state index in [1.807, 2.05) is 237 Å². The average Bonchev–Trinajstić information content (AvgIpc) is 0.766. The van der Waals surface area contributed by atoms with Gasteiger partial charge in [0.05, 0.1) is 60.5 Å². The van der Waals surface area contributed by atoms with Crippen molar-refractivity contribution >= 4 is 5.97 Å². The van der Waals surface area contributed by atoms with Gasteiger partial charge in [0.15, 0.2) is 18.9 Å². The van der Waals surface area contributed by atoms with Gasteiger partial charge in [-0.05, 0) is 87.5 Å². The molecule has 3 saturated heterocycles. The molecule has 19 nitrogen and oxygen atoms in total. The molecule has 9 aromatic carbocycles. The van der Waals surface area contributed by atoms with E-state index in [0.717, 1.165) is 38.9 Å². The molecular formula is C83H88O19. The molecule has 0 radical (unpaired) electrons. The Morgan fingerprint density at radius 3 is 0.873 bits per heavy atom. The van der Waals surface area contributed by atoms with Gasteiger partial charge in [0.25, 0.3) is 0 Å². The Hall–Kier alpha value is -8.87. The van der Waals surface area contributed by atoms with Crippen molar-refractivity contribution in [3.8, 4) is 23.0 Å². The lowest BCUT2D eigenvalue weighted by Gasteiger charge is -2.51. The molecule has 0 spiro atoms. The van der Waals surface area contributed by atoms with E-state index in [1.165, 1.54) is 6.92 Å². The number of aliphatic hydroxyl groups excluding tert-OH is 1. The standard InChI is InChI=1S/C83H88O19/c1-57(84)88-54-71-74(102-82-79(96-52-63-35-21-9-22-36-63)75(92-48-59-27-13-5-14-28-59)72(91-47-58-25-11-4-12-26-58)69(99-82)55-89-67-43-39-65(86-2)40-44-67)77(94-50-61-31-17-7-18-32-61)80(97-53-64-37-23-10-24-38-64)83(100-71)101-73-70(56-90-68-45-41-66(87-3)42-46-68)98-81(85)78(95-51-62-33-19-8-20-34-62)76(73)93-49-60-29-15-6-16-30-60/h4-46,69-83,85H,47-56H2,1-3H3/t69-,70-,71-,72+,73+,74+,75+,76+,77-,78-,79-,80-,81-,82-,83-/m1/s1. The summed E-state index contributed by atoms with van der Waals surface area (Å²) < 4.78 is 117. The molecule has 3 fully saturated rings. The van der Waals surface area contributed by atoms with E-state index < -0.39 is 98.1 Å². The van der Waals surface area contributed by atoms with Crippen molar-refractivity contribution in [2.24, 2.45) is 0 Å². The van der Waals surface area contributed by atoms with Crippen LogP contribution in [0, 0.1) is 0 Å². The van der Waals surface area contributed by atoms with Gasteiger partial charge >= 0.3 is 5.97 Å². The third-order valence-corrected chi connectivity index (χ3v) is 17.8. The van der Waals surface area contributed by atoms with Crippen molar-refractivity contribution in [3.05, 3.63) is 300 Å². The van der Waals surface area contributed by atoms with E-state index in [2.05, 4.69) is 0 Å². The number of hydrogen-bond acceptors (Lipinski definition) is 19. The van der Waals surface area contributed by atoms with Crippen molar-refractivity contribution in [1.82, 2.24) is 0 Å². The minimum Gasteiger partial charge on any atom is -0.497 e. The predicted molar refractivity (Wildman–Crippen MR) is 377 cm³/mol. The number of esters is 1. The molecule has 0 bridgehead atoms. The van der Waals surface area contributed by atoms with Crippen LogP contribution in [0.4, 0.5) is 0 Å². The number of carbonyl (C=O) groups is 1. The second kappa shape index (κ2) is 37.9. The van der Waals surface area contributed by atoms with Crippen molar-refractivity contribution in [3.63, 3.8) is 0 Å². The molecule has 0 aliphatic carbocycles. The van der Waals surface area contributed by atoms with Gasteiger partial charge in [-0.25, -0.2) is 0 Å². The molecule has 9 aromatic rings. The number of benzene rings is 9. The number of carbonyl (C=O) groups excluding carboxylic acids is 1. The predicted octanol–water partition coefficient (Wildman–Crippen LogP) is 12.8. The summed E-state index contributed by atoms with van der Waals surface area (Å²) in [5.74, 6) is 1.71. The maximum atomic E-state index is 13.4. The zero-order chi connectivity index (χ0) is 70.1. The molecule has 0 amide bonds. The van der Waals surface area contributed by atoms with Crippen molar-refractivity contribution in [1.29, 1.82) is 0 Å². The first kappa shape index (κ1) is 72.9. The second-order valence-corrected chi connectivity index (χ2v) is 25.0. The first-order valence-corrected chi connectivity index (χ1v) is 34.4. The smallest absolute Gasteiger partial charge is 0.302 e. The maximum absolute atomic E-state index is 13.4. The van der Waals surface area contributed by atoms with E-state index in [0.29, 0.717) is 23.0 Å². The van der Waals surface area contributed by atoms with Gasteiger partial charge in [0, 0.05) is 6.92 Å². The molecule has 102 heavy (non-hydrogen) atoms. The topological polar surface area (TPSA) is 194 Å². The number of hydrogen-bond donors (Lipinski definition) is 1. The fraction of sp³-hybridized carbons (Fsp3) is 0.337. The Kier molecular flexibility index (Phi) is 27.1. The lowest BCUT2D eigenvalue weighted by molar-refractivity contribution is -0.392. The van der Waals surface area contributed by atoms with E-state index >= 15 is 0 Å². The van der Waals surface area contributed by atoms with Gasteiger partial charge in [-0.3, -0.25) is 4.79 Å². The third kappa shape index (κ3) is 20.7. The van der Waals surface area contributed by atoms with E-state index in [9.17, 15) is 9.90 Å². The van der Waals surface area contributed by atoms with Gasteiger partial charge in [-0.2, -0.15) is 0 Å². The third-order valence-electron chi connectivity index (χ3n) is 17.8. The summed E-state index contributed by atoms with van der Waals surface area (Å²) in [5, 5.41) is 12.3. The van der Waals surface area contributed by atoms with Crippen LogP contribution in [-0.4, -0.2) is 137 Å². The molecule has 3 aliphatic rings. The molecule has 0 unspecified atom stereocenters. The molecule has 0 aromatic heterocycles. The van der Waals surface area contributed by atoms with Gasteiger partial charge in [-0.15, -0.1) is 0 Å². The fourth-order valence-corrected chi connectivity index (χ4v) is 12.5. The van der Waals surface area contributed by atoms with Crippen LogP contribution >= 0.6 is 0 Å². The van der Waals surface area contributed by atoms with Gasteiger partial charge in [0.1, 0.15) is 116 Å². The number of ether oxygens (including phenoxy) is 17. The molecule has 3 aliphatic heterocycles. The Balaban J connectivity index is 0.977. The highest BCUT2D eigenvalue weighted by Crippen LogP contribution is 2.40. The molecule has 12 rings (SSSR count). The Morgan fingerprint density at radius 1 is 0.304 bits per heavy atom. The molecular weight excluding hydrogens is 1300 g/mol. The monoisotopic (exact) mass is 1390 g/mol. The van der Waals surface area contributed by atoms with Crippen LogP contribution in [0.25, 0.3) is 0 Å². The lowest BCUT2D eigenvalue weighted by Crippen LogP contribution is -2.68. The highest BCUT2D eigenvalue weighted by atomic mass is 16.8. The van der Waals surface area contributed by atoms with Crippen molar-refractivity contribution in [2.75, 3.05) is 34.0 Å². The highest BCUT2D eigenvalue weighted by molar-refractivity contribution is 5.65. The zero-order valence-corrected chi connectivity index (χ0v) is 57.4. The number of rotatable bonds is 35. The van der Waals surface area contributed by atoms with Crippen LogP contribution in [0.5, 0.6) is 23.0 Å². The minimum atomic E-state index is -1.56. The van der Waals surface area contributed by atoms with Gasteiger partial charge in [-0.1, -0.05) is 212 Å². The van der Waals surface area contributed by atoms with E-state index in [-0.39, 0.29) is 66.1 Å². The summed E-state index contributed by atoms with van der Waals surface area (Å²) in [6, 6.07) is 82.5. The summed E-state index contributed by atoms with van der Waals surface area (Å²) in [6.45, 7) is 1.29. The number of methoxy groups -OCH3 is 2. The van der Waals surface area contributed by atoms with Gasteiger partial charge in [0.2, 0.25) is 0 Å². The van der Waals surface area contributed by atoms with E-state index in [4.69, 9.17) is 80.5 Å². The summed E-state index contributed by atoms with van der Waals surface area (Å²) in [7, 11) is 3.19. The molecule has 534 valence electrons. The molecule has 15 atom stereocenters. The van der Waals surface area contributed by atoms with Crippen LogP contribution in [-0.2, 0) is 113 Å². The summed E-state index contributed by atoms with van der Waals surface area (Å²) >= 11 is 0. The lowest BCUT2D eigenvalue weighted by atomic mass is 9.95. The van der Waals surface area contributed by atoms with Crippen molar-refractivity contribution in [2.45, 2.75) is 145 Å². The quantitative estimate of drug-likeness (QED) is 0.0368. The normalized spacial score (nSPS) is 24.8. The summed E-state index contributed by atoms with van der Waals surface area (Å²) in [4.78, 5) is 13.4. The van der Waals surface area contributed by atoms with Crippen molar-refractivity contribution < 1.29 is 90.4 Å². The Labute approximate surface area is 595 Å². The minimum absolute atomic E-state index is 0.0191. The Morgan fingerprint density at radius 2 is 0.559 bits per heavy atom. The number of aliphatic hydroxyl groups is 1. The zero-order valence-electron chi connectivity index (χ0n) is 57.4. The highest BCUT2D eigenvalue weighted by Gasteiger charge is 2.57. The first-order valence-electron chi connectivity index (χ1n) is 34.4. The fourth-order valence-electron chi connectivity index (χ4n) is 12.5. The first-order chi connectivity index (χ1) is 50.2. The van der Waals surface area contributed by atoms with E-state index in [1.54, 1.807) is 38.5 Å². The molecule has 19 heteroatoms. The summed E-state index contributed by atoms with van der Waals surface area (Å²) in [5.41, 5.74) is 5.98. The SMILES string of the molecule is COc1ccc(OC[C@H]2O[C@@H](O)[C@H](OCc3ccccc3)[C@@H](OCc3ccccc3)[C@H]2O[C@H]2O[C@H](COC(C)=O)[C@H](O[C@H]3O[C@H](COc4ccc(OC)cc4)[C@H](OCc4ccccc4)[C@H](OCc4ccccc4)[C@H]3OCc3ccccc3)[C@@H](OCc3ccccc3)[C@H]2OCc2ccccc2)cc1. The Bertz CT molecular complexity index is 3830. The second-order valence-electron chi connectivity index (χ2n) is 25.0. The van der Waals surface area contributed by atoms with Crippen LogP contribution < -0.4 is 18.9 Å². The average molecular weight is 1390 g/mol. The van der Waals surface area contributed by atoms with Crippen LogP contribution in [0.2, 0.25) is 0 Å². The maximum Gasteiger partial charge on any atom is 0.302 e. The largest absolute Gasteiger partial charge is 0.497 e. The molecule has 1 N–H and O–H groups in total. The summed E-state index contributed by atoms with van der Waals surface area (Å²) in [6.07, 6.45) is -17.6. The molecule has 3 heterocycles. The van der Waals surface area contributed by atoms with Gasteiger partial charge < -0.3 is 85.6 Å².